The summed E-state index contributed by atoms with van der Waals surface area (Å²) in [6, 6.07) is 10.6. The number of piperazine rings is 1. The summed E-state index contributed by atoms with van der Waals surface area (Å²) in [4.78, 5) is 22.4. The van der Waals surface area contributed by atoms with E-state index >= 15 is 0 Å². The van der Waals surface area contributed by atoms with Gasteiger partial charge in [0.15, 0.2) is 5.13 Å². The molecule has 4 heterocycles. The van der Waals surface area contributed by atoms with Gasteiger partial charge in [-0.15, -0.1) is 22.7 Å². The van der Waals surface area contributed by atoms with Crippen molar-refractivity contribution in [2.24, 2.45) is 0 Å². The number of rotatable bonds is 5. The molecule has 0 N–H and O–H groups in total. The molecule has 1 saturated heterocycles. The minimum atomic E-state index is 0.737. The topological polar surface area (TPSA) is 48.4 Å². The predicted molar refractivity (Wildman–Crippen MR) is 127 cm³/mol. The van der Waals surface area contributed by atoms with Crippen molar-refractivity contribution in [1.29, 1.82) is 0 Å². The van der Waals surface area contributed by atoms with Crippen LogP contribution in [0.1, 0.15) is 5.82 Å². The molecule has 1 aliphatic heterocycles. The Morgan fingerprint density at radius 3 is 2.43 bits per heavy atom. The third-order valence-electron chi connectivity index (χ3n) is 5.27. The molecule has 3 aromatic heterocycles. The van der Waals surface area contributed by atoms with Crippen LogP contribution in [0.25, 0.3) is 21.3 Å². The number of hydrogen-bond donors (Lipinski definition) is 0. The Kier molecular flexibility index (Phi) is 5.37. The van der Waals surface area contributed by atoms with Crippen LogP contribution in [0.5, 0.6) is 0 Å². The average molecular weight is 437 g/mol. The first kappa shape index (κ1) is 19.4. The second kappa shape index (κ2) is 8.29. The fourth-order valence-electron chi connectivity index (χ4n) is 3.86. The van der Waals surface area contributed by atoms with Crippen molar-refractivity contribution in [1.82, 2.24) is 19.9 Å². The molecule has 1 aliphatic rings. The lowest BCUT2D eigenvalue weighted by Crippen LogP contribution is -2.47. The molecule has 0 radical (unpaired) electrons. The van der Waals surface area contributed by atoms with E-state index in [1.807, 2.05) is 11.6 Å². The fourth-order valence-corrected chi connectivity index (χ4v) is 5.52. The molecule has 1 fully saturated rings. The number of benzene rings is 1. The zero-order valence-corrected chi connectivity index (χ0v) is 18.8. The molecule has 0 aliphatic carbocycles. The zero-order chi connectivity index (χ0) is 20.5. The Bertz CT molecular complexity index is 1120. The number of thiazole rings is 1. The van der Waals surface area contributed by atoms with Gasteiger partial charge in [-0.2, -0.15) is 0 Å². The van der Waals surface area contributed by atoms with Crippen LogP contribution in [-0.2, 0) is 6.54 Å². The van der Waals surface area contributed by atoms with Crippen LogP contribution in [0, 0.1) is 0 Å². The van der Waals surface area contributed by atoms with Gasteiger partial charge >= 0.3 is 0 Å². The molecule has 4 aromatic rings. The summed E-state index contributed by atoms with van der Waals surface area (Å²) < 4.78 is 0. The van der Waals surface area contributed by atoms with Crippen molar-refractivity contribution < 1.29 is 0 Å². The number of thiophene rings is 1. The highest BCUT2D eigenvalue weighted by atomic mass is 32.1. The van der Waals surface area contributed by atoms with E-state index in [0.29, 0.717) is 0 Å². The van der Waals surface area contributed by atoms with E-state index in [9.17, 15) is 0 Å². The SMILES string of the molecule is CN(C)Cc1nc(N2CCN(c3nccs3)CC2)c2c(-c3ccccc3)csc2n1. The summed E-state index contributed by atoms with van der Waals surface area (Å²) in [5.41, 5.74) is 2.44. The van der Waals surface area contributed by atoms with Crippen molar-refractivity contribution in [3.05, 3.63) is 53.1 Å². The summed E-state index contributed by atoms with van der Waals surface area (Å²) >= 11 is 3.42. The van der Waals surface area contributed by atoms with Crippen LogP contribution in [-0.4, -0.2) is 60.1 Å². The smallest absolute Gasteiger partial charge is 0.185 e. The van der Waals surface area contributed by atoms with Crippen LogP contribution >= 0.6 is 22.7 Å². The first-order valence-corrected chi connectivity index (χ1v) is 11.8. The van der Waals surface area contributed by atoms with Gasteiger partial charge in [0, 0.05) is 48.7 Å². The lowest BCUT2D eigenvalue weighted by molar-refractivity contribution is 0.391. The highest BCUT2D eigenvalue weighted by Gasteiger charge is 2.24. The van der Waals surface area contributed by atoms with E-state index in [-0.39, 0.29) is 0 Å². The lowest BCUT2D eigenvalue weighted by atomic mass is 10.1. The second-order valence-electron chi connectivity index (χ2n) is 7.69. The zero-order valence-electron chi connectivity index (χ0n) is 17.2. The summed E-state index contributed by atoms with van der Waals surface area (Å²) in [6.07, 6.45) is 1.88. The average Bonchev–Trinajstić information content (AvgIpc) is 3.44. The van der Waals surface area contributed by atoms with Crippen LogP contribution in [0.4, 0.5) is 10.9 Å². The maximum Gasteiger partial charge on any atom is 0.185 e. The highest BCUT2D eigenvalue weighted by molar-refractivity contribution is 7.17. The van der Waals surface area contributed by atoms with Gasteiger partial charge in [-0.05, 0) is 19.7 Å². The van der Waals surface area contributed by atoms with E-state index < -0.39 is 0 Å². The Morgan fingerprint density at radius 2 is 1.73 bits per heavy atom. The Hall–Kier alpha value is -2.55. The number of aromatic nitrogens is 3. The molecule has 5 rings (SSSR count). The van der Waals surface area contributed by atoms with Gasteiger partial charge in [0.1, 0.15) is 16.5 Å². The van der Waals surface area contributed by atoms with Crippen LogP contribution in [0.15, 0.2) is 47.3 Å². The lowest BCUT2D eigenvalue weighted by Gasteiger charge is -2.35. The fraction of sp³-hybridized carbons (Fsp3) is 0.318. The third-order valence-corrected chi connectivity index (χ3v) is 6.98. The monoisotopic (exact) mass is 436 g/mol. The second-order valence-corrected chi connectivity index (χ2v) is 9.42. The molecule has 0 amide bonds. The van der Waals surface area contributed by atoms with Crippen LogP contribution in [0.2, 0.25) is 0 Å². The standard InChI is InChI=1S/C22H24N6S2/c1-26(2)14-18-24-20(27-9-11-28(12-10-27)22-23-8-13-29-22)19-17(15-30-21(19)25-18)16-6-4-3-5-7-16/h3-8,13,15H,9-12,14H2,1-2H3. The van der Waals surface area contributed by atoms with E-state index in [1.165, 1.54) is 16.5 Å². The van der Waals surface area contributed by atoms with Crippen molar-refractivity contribution in [2.45, 2.75) is 6.54 Å². The maximum absolute atomic E-state index is 5.06. The van der Waals surface area contributed by atoms with E-state index in [4.69, 9.17) is 9.97 Å². The number of nitrogens with zero attached hydrogens (tertiary/aromatic N) is 6. The molecule has 0 saturated carbocycles. The molecule has 30 heavy (non-hydrogen) atoms. The van der Waals surface area contributed by atoms with Crippen molar-refractivity contribution in [3.8, 4) is 11.1 Å². The van der Waals surface area contributed by atoms with Crippen LogP contribution in [0.3, 0.4) is 0 Å². The van der Waals surface area contributed by atoms with E-state index in [2.05, 4.69) is 69.5 Å². The van der Waals surface area contributed by atoms with E-state index in [0.717, 1.165) is 54.3 Å². The number of anilines is 2. The van der Waals surface area contributed by atoms with Gasteiger partial charge in [0.25, 0.3) is 0 Å². The van der Waals surface area contributed by atoms with Gasteiger partial charge in [0.05, 0.1) is 11.9 Å². The summed E-state index contributed by atoms with van der Waals surface area (Å²) in [7, 11) is 4.12. The normalized spacial score (nSPS) is 14.8. The van der Waals surface area contributed by atoms with Crippen LogP contribution < -0.4 is 9.80 Å². The van der Waals surface area contributed by atoms with Gasteiger partial charge in [0.2, 0.25) is 0 Å². The number of hydrogen-bond acceptors (Lipinski definition) is 8. The van der Waals surface area contributed by atoms with Crippen molar-refractivity contribution in [2.75, 3.05) is 50.1 Å². The van der Waals surface area contributed by atoms with Gasteiger partial charge in [-0.25, -0.2) is 15.0 Å². The van der Waals surface area contributed by atoms with Gasteiger partial charge in [-0.1, -0.05) is 30.3 Å². The largest absolute Gasteiger partial charge is 0.352 e. The highest BCUT2D eigenvalue weighted by Crippen LogP contribution is 2.38. The molecule has 8 heteroatoms. The molecular weight excluding hydrogens is 412 g/mol. The maximum atomic E-state index is 5.06. The molecule has 0 spiro atoms. The predicted octanol–water partition coefficient (Wildman–Crippen LogP) is 4.20. The minimum Gasteiger partial charge on any atom is -0.352 e. The molecule has 6 nitrogen and oxygen atoms in total. The molecule has 154 valence electrons. The summed E-state index contributed by atoms with van der Waals surface area (Å²) in [6.45, 7) is 4.49. The third kappa shape index (κ3) is 3.78. The minimum absolute atomic E-state index is 0.737. The van der Waals surface area contributed by atoms with E-state index in [1.54, 1.807) is 22.7 Å². The quantitative estimate of drug-likeness (QED) is 0.467. The van der Waals surface area contributed by atoms with Crippen molar-refractivity contribution >= 4 is 43.8 Å². The van der Waals surface area contributed by atoms with Gasteiger partial charge in [-0.3, -0.25) is 0 Å². The molecule has 0 unspecified atom stereocenters. The van der Waals surface area contributed by atoms with Crippen molar-refractivity contribution in [3.63, 3.8) is 0 Å². The number of fused-ring (bicyclic) bond motifs is 1. The summed E-state index contributed by atoms with van der Waals surface area (Å²) in [5, 5.41) is 6.55. The molecular formula is C22H24N6S2. The van der Waals surface area contributed by atoms with Gasteiger partial charge < -0.3 is 14.7 Å². The first-order chi connectivity index (χ1) is 14.7. The molecule has 0 bridgehead atoms. The Labute approximate surface area is 184 Å². The molecule has 1 aromatic carbocycles. The Morgan fingerprint density at radius 1 is 0.967 bits per heavy atom. The molecule has 0 atom stereocenters. The first-order valence-electron chi connectivity index (χ1n) is 10.1. The Balaban J connectivity index is 1.54. The summed E-state index contributed by atoms with van der Waals surface area (Å²) in [5.74, 6) is 1.95.